The van der Waals surface area contributed by atoms with Gasteiger partial charge in [0.1, 0.15) is 18.5 Å². The van der Waals surface area contributed by atoms with Gasteiger partial charge in [-0.1, -0.05) is 30.3 Å². The molecule has 0 atom stereocenters. The minimum atomic E-state index is 0.0569. The van der Waals surface area contributed by atoms with Crippen LogP contribution >= 0.6 is 0 Å². The fourth-order valence-corrected chi connectivity index (χ4v) is 1.80. The third-order valence-corrected chi connectivity index (χ3v) is 2.69. The van der Waals surface area contributed by atoms with Crippen LogP contribution in [0.3, 0.4) is 0 Å². The van der Waals surface area contributed by atoms with Crippen molar-refractivity contribution in [3.8, 4) is 5.75 Å². The molecule has 0 spiro atoms. The predicted octanol–water partition coefficient (Wildman–Crippen LogP) is 0.662. The highest BCUT2D eigenvalue weighted by molar-refractivity contribution is 5.83. The van der Waals surface area contributed by atoms with Crippen molar-refractivity contribution in [1.82, 2.24) is 21.9 Å². The molecule has 0 saturated carbocycles. The number of nitrogens with one attached hydrogen (secondary N) is 4. The first-order chi connectivity index (χ1) is 8.42. The van der Waals surface area contributed by atoms with Crippen LogP contribution in [-0.4, -0.2) is 12.8 Å². The molecule has 0 unspecified atom stereocenters. The van der Waals surface area contributed by atoms with Crippen molar-refractivity contribution in [1.29, 1.82) is 0 Å². The predicted molar refractivity (Wildman–Crippen MR) is 65.8 cm³/mol. The summed E-state index contributed by atoms with van der Waals surface area (Å²) in [6, 6.07) is 14.3. The highest BCUT2D eigenvalue weighted by atomic mass is 16.5. The van der Waals surface area contributed by atoms with Gasteiger partial charge in [0.05, 0.1) is 0 Å². The monoisotopic (exact) mass is 230 g/mol. The van der Waals surface area contributed by atoms with Crippen LogP contribution in [0.4, 0.5) is 0 Å². The quantitative estimate of drug-likeness (QED) is 0.624. The van der Waals surface area contributed by atoms with Gasteiger partial charge in [-0.05, 0) is 22.9 Å². The Hall–Kier alpha value is -1.66. The van der Waals surface area contributed by atoms with E-state index in [1.807, 2.05) is 24.3 Å². The molecule has 17 heavy (non-hydrogen) atoms. The maximum atomic E-state index is 5.69. The van der Waals surface area contributed by atoms with E-state index in [2.05, 4.69) is 40.1 Å². The molecule has 0 aliphatic carbocycles. The molecular weight excluding hydrogens is 216 g/mol. The molecule has 5 heteroatoms. The summed E-state index contributed by atoms with van der Waals surface area (Å²) < 4.78 is 5.69. The molecule has 88 valence electrons. The maximum Gasteiger partial charge on any atom is 0.120 e. The van der Waals surface area contributed by atoms with Gasteiger partial charge < -0.3 is 4.74 Å². The van der Waals surface area contributed by atoms with Crippen molar-refractivity contribution >= 4 is 10.8 Å². The molecule has 1 fully saturated rings. The van der Waals surface area contributed by atoms with E-state index < -0.39 is 0 Å². The van der Waals surface area contributed by atoms with Crippen LogP contribution < -0.4 is 26.7 Å². The van der Waals surface area contributed by atoms with E-state index in [-0.39, 0.29) is 6.17 Å². The van der Waals surface area contributed by atoms with E-state index in [9.17, 15) is 0 Å². The average molecular weight is 230 g/mol. The molecule has 2 aromatic rings. The van der Waals surface area contributed by atoms with Gasteiger partial charge >= 0.3 is 0 Å². The summed E-state index contributed by atoms with van der Waals surface area (Å²) in [6.45, 7) is 0.540. The zero-order chi connectivity index (χ0) is 11.5. The summed E-state index contributed by atoms with van der Waals surface area (Å²) in [4.78, 5) is 0. The Morgan fingerprint density at radius 3 is 2.53 bits per heavy atom. The lowest BCUT2D eigenvalue weighted by molar-refractivity contribution is 0.260. The Labute approximate surface area is 99.1 Å². The van der Waals surface area contributed by atoms with E-state index in [0.717, 1.165) is 5.75 Å². The second-order valence-electron chi connectivity index (χ2n) is 3.91. The summed E-state index contributed by atoms with van der Waals surface area (Å²) in [5.74, 6) is 0.874. The Bertz CT molecular complexity index is 511. The molecule has 1 aliphatic heterocycles. The Morgan fingerprint density at radius 2 is 1.71 bits per heavy atom. The molecule has 4 N–H and O–H groups in total. The lowest BCUT2D eigenvalue weighted by atomic mass is 10.1. The molecular formula is C12H14N4O. The maximum absolute atomic E-state index is 5.69. The lowest BCUT2D eigenvalue weighted by Crippen LogP contribution is -2.39. The van der Waals surface area contributed by atoms with E-state index in [1.54, 1.807) is 0 Å². The Balaban J connectivity index is 1.72. The number of ether oxygens (including phenoxy) is 1. The smallest absolute Gasteiger partial charge is 0.120 e. The van der Waals surface area contributed by atoms with Crippen molar-refractivity contribution < 1.29 is 4.74 Å². The number of hydrogen-bond donors (Lipinski definition) is 4. The van der Waals surface area contributed by atoms with Crippen molar-refractivity contribution in [2.45, 2.75) is 6.17 Å². The van der Waals surface area contributed by atoms with Crippen LogP contribution in [0.15, 0.2) is 42.5 Å². The number of hydrogen-bond acceptors (Lipinski definition) is 5. The minimum Gasteiger partial charge on any atom is -0.490 e. The first-order valence-electron chi connectivity index (χ1n) is 5.54. The molecule has 5 nitrogen and oxygen atoms in total. The fourth-order valence-electron chi connectivity index (χ4n) is 1.80. The van der Waals surface area contributed by atoms with Gasteiger partial charge in [0, 0.05) is 0 Å². The molecule has 1 aliphatic rings. The normalized spacial score (nSPS) is 16.5. The third-order valence-electron chi connectivity index (χ3n) is 2.69. The van der Waals surface area contributed by atoms with Crippen LogP contribution in [0, 0.1) is 0 Å². The summed E-state index contributed by atoms with van der Waals surface area (Å²) >= 11 is 0. The highest BCUT2D eigenvalue weighted by Crippen LogP contribution is 2.20. The van der Waals surface area contributed by atoms with Crippen LogP contribution in [0.5, 0.6) is 5.75 Å². The Kier molecular flexibility index (Phi) is 2.89. The van der Waals surface area contributed by atoms with Gasteiger partial charge in [-0.25, -0.2) is 10.9 Å². The summed E-state index contributed by atoms with van der Waals surface area (Å²) in [5, 5.41) is 2.41. The molecule has 0 aromatic heterocycles. The summed E-state index contributed by atoms with van der Waals surface area (Å²) in [6.07, 6.45) is 0.0569. The van der Waals surface area contributed by atoms with Gasteiger partial charge in [-0.3, -0.25) is 0 Å². The summed E-state index contributed by atoms with van der Waals surface area (Å²) in [7, 11) is 0. The van der Waals surface area contributed by atoms with E-state index >= 15 is 0 Å². The summed E-state index contributed by atoms with van der Waals surface area (Å²) in [5.41, 5.74) is 11.4. The van der Waals surface area contributed by atoms with Crippen LogP contribution in [-0.2, 0) is 0 Å². The molecule has 2 aromatic carbocycles. The van der Waals surface area contributed by atoms with Gasteiger partial charge in [-0.2, -0.15) is 11.1 Å². The Morgan fingerprint density at radius 1 is 0.941 bits per heavy atom. The highest BCUT2D eigenvalue weighted by Gasteiger charge is 2.12. The van der Waals surface area contributed by atoms with Gasteiger partial charge in [0.15, 0.2) is 0 Å². The second-order valence-corrected chi connectivity index (χ2v) is 3.91. The number of fused-ring (bicyclic) bond motifs is 1. The van der Waals surface area contributed by atoms with Crippen LogP contribution in [0.1, 0.15) is 0 Å². The SMILES string of the molecule is c1ccc2cc(OCC3NNNN3)ccc2c1. The molecule has 0 radical (unpaired) electrons. The third kappa shape index (κ3) is 2.37. The van der Waals surface area contributed by atoms with Crippen molar-refractivity contribution in [3.63, 3.8) is 0 Å². The number of hydrazine groups is 3. The zero-order valence-corrected chi connectivity index (χ0v) is 9.23. The largest absolute Gasteiger partial charge is 0.490 e. The van der Waals surface area contributed by atoms with E-state index in [0.29, 0.717) is 6.61 Å². The molecule has 1 heterocycles. The van der Waals surface area contributed by atoms with Crippen molar-refractivity contribution in [3.05, 3.63) is 42.5 Å². The van der Waals surface area contributed by atoms with Gasteiger partial charge in [0.25, 0.3) is 0 Å². The van der Waals surface area contributed by atoms with Crippen LogP contribution in [0.25, 0.3) is 10.8 Å². The average Bonchev–Trinajstić information content (AvgIpc) is 2.89. The molecule has 1 saturated heterocycles. The minimum absolute atomic E-state index is 0.0569. The number of benzene rings is 2. The topological polar surface area (TPSA) is 57.4 Å². The first-order valence-corrected chi connectivity index (χ1v) is 5.54. The molecule has 3 rings (SSSR count). The van der Waals surface area contributed by atoms with E-state index in [1.165, 1.54) is 10.8 Å². The molecule has 0 amide bonds. The van der Waals surface area contributed by atoms with E-state index in [4.69, 9.17) is 4.74 Å². The van der Waals surface area contributed by atoms with Crippen molar-refractivity contribution in [2.75, 3.05) is 6.61 Å². The van der Waals surface area contributed by atoms with Crippen LogP contribution in [0.2, 0.25) is 0 Å². The molecule has 0 bridgehead atoms. The van der Waals surface area contributed by atoms with Gasteiger partial charge in [-0.15, -0.1) is 0 Å². The number of rotatable bonds is 3. The second kappa shape index (κ2) is 4.68. The van der Waals surface area contributed by atoms with Crippen molar-refractivity contribution in [2.24, 2.45) is 0 Å². The standard InChI is InChI=1S/C12H14N4O/c1-2-4-10-7-11(6-5-9(10)3-1)17-8-12-13-15-16-14-12/h1-7,12-16H,8H2. The zero-order valence-electron chi connectivity index (χ0n) is 9.23. The lowest BCUT2D eigenvalue weighted by Gasteiger charge is -2.11. The fraction of sp³-hybridized carbons (Fsp3) is 0.167. The first kappa shape index (κ1) is 10.5. The van der Waals surface area contributed by atoms with Gasteiger partial charge in [0.2, 0.25) is 0 Å².